The molecule has 2 heterocycles. The Bertz CT molecular complexity index is 1180. The number of ether oxygens (including phenoxy) is 1. The van der Waals surface area contributed by atoms with Crippen LogP contribution in [0.15, 0.2) is 59.8 Å². The number of methoxy groups -OCH3 is 1. The van der Waals surface area contributed by atoms with E-state index in [0.717, 1.165) is 22.1 Å². The number of hydrogen-bond acceptors (Lipinski definition) is 4. The molecule has 0 aliphatic rings. The predicted molar refractivity (Wildman–Crippen MR) is 103 cm³/mol. The molecule has 0 aliphatic heterocycles. The van der Waals surface area contributed by atoms with Crippen molar-refractivity contribution >= 4 is 21.7 Å². The van der Waals surface area contributed by atoms with Crippen molar-refractivity contribution in [2.75, 3.05) is 7.11 Å². The zero-order chi connectivity index (χ0) is 18.3. The van der Waals surface area contributed by atoms with Crippen LogP contribution in [0.25, 0.3) is 32.8 Å². The van der Waals surface area contributed by atoms with Gasteiger partial charge in [0.15, 0.2) is 5.43 Å². The maximum absolute atomic E-state index is 13.2. The van der Waals surface area contributed by atoms with Gasteiger partial charge in [-0.2, -0.15) is 5.10 Å². The molecule has 0 unspecified atom stereocenters. The fraction of sp³-hybridized carbons (Fsp3) is 0.190. The molecular formula is C21H19N3O2. The van der Waals surface area contributed by atoms with E-state index in [-0.39, 0.29) is 11.5 Å². The molecule has 0 N–H and O–H groups in total. The molecule has 0 bridgehead atoms. The van der Waals surface area contributed by atoms with Crippen LogP contribution < -0.4 is 5.43 Å². The summed E-state index contributed by atoms with van der Waals surface area (Å²) >= 11 is 0. The second-order valence-electron chi connectivity index (χ2n) is 6.45. The van der Waals surface area contributed by atoms with Crippen LogP contribution in [0.5, 0.6) is 0 Å². The van der Waals surface area contributed by atoms with Crippen LogP contribution in [0.3, 0.4) is 0 Å². The summed E-state index contributed by atoms with van der Waals surface area (Å²) in [5.41, 5.74) is 3.45. The minimum absolute atomic E-state index is 0.0246. The van der Waals surface area contributed by atoms with Gasteiger partial charge in [-0.15, -0.1) is 0 Å². The smallest absolute Gasteiger partial charge is 0.195 e. The average molecular weight is 345 g/mol. The molecule has 1 atom stereocenters. The summed E-state index contributed by atoms with van der Waals surface area (Å²) in [4.78, 5) is 17.7. The summed E-state index contributed by atoms with van der Waals surface area (Å²) < 4.78 is 7.12. The van der Waals surface area contributed by atoms with Crippen molar-refractivity contribution in [3.63, 3.8) is 0 Å². The molecule has 5 nitrogen and oxygen atoms in total. The molecule has 0 aliphatic carbocycles. The van der Waals surface area contributed by atoms with Gasteiger partial charge in [0.1, 0.15) is 0 Å². The summed E-state index contributed by atoms with van der Waals surface area (Å²) in [6, 6.07) is 11.6. The third-order valence-electron chi connectivity index (χ3n) is 4.77. The van der Waals surface area contributed by atoms with E-state index in [2.05, 4.69) is 10.1 Å². The number of aromatic nitrogens is 3. The molecule has 0 saturated heterocycles. The van der Waals surface area contributed by atoms with Crippen LogP contribution in [-0.4, -0.2) is 21.9 Å². The number of aryl methyl sites for hydroxylation is 1. The zero-order valence-corrected chi connectivity index (χ0v) is 14.9. The van der Waals surface area contributed by atoms with Gasteiger partial charge in [-0.25, -0.2) is 0 Å². The van der Waals surface area contributed by atoms with Crippen LogP contribution in [-0.2, 0) is 11.8 Å². The number of benzene rings is 1. The molecule has 26 heavy (non-hydrogen) atoms. The molecule has 0 amide bonds. The molecule has 0 spiro atoms. The molecule has 4 aromatic rings. The van der Waals surface area contributed by atoms with Crippen LogP contribution in [0.1, 0.15) is 18.6 Å². The highest BCUT2D eigenvalue weighted by Crippen LogP contribution is 2.24. The number of hydrogen-bond donors (Lipinski definition) is 0. The third-order valence-corrected chi connectivity index (χ3v) is 4.77. The lowest BCUT2D eigenvalue weighted by molar-refractivity contribution is 0.119. The van der Waals surface area contributed by atoms with E-state index in [1.165, 1.54) is 0 Å². The van der Waals surface area contributed by atoms with Crippen molar-refractivity contribution in [3.05, 3.63) is 70.8 Å². The summed E-state index contributed by atoms with van der Waals surface area (Å²) in [6.45, 7) is 1.97. The second-order valence-corrected chi connectivity index (χ2v) is 6.45. The van der Waals surface area contributed by atoms with Crippen molar-refractivity contribution in [2.45, 2.75) is 13.0 Å². The standard InChI is InChI=1S/C21H19N3O2/c1-13(26-3)15-5-4-14-6-7-20-19(21(25)18(14)8-15)9-16(10-22-20)17-11-23-24(2)12-17/h4-13H,1-3H3/t13-/m0/s1. The Kier molecular flexibility index (Phi) is 4.01. The van der Waals surface area contributed by atoms with Crippen LogP contribution in [0, 0.1) is 0 Å². The van der Waals surface area contributed by atoms with E-state index in [9.17, 15) is 4.79 Å². The zero-order valence-electron chi connectivity index (χ0n) is 14.9. The Morgan fingerprint density at radius 2 is 1.85 bits per heavy atom. The Labute approximate surface area is 150 Å². The molecular weight excluding hydrogens is 326 g/mol. The van der Waals surface area contributed by atoms with Gasteiger partial charge < -0.3 is 4.74 Å². The third kappa shape index (κ3) is 2.76. The van der Waals surface area contributed by atoms with Crippen molar-refractivity contribution in [1.29, 1.82) is 0 Å². The SMILES string of the molecule is CO[C@@H](C)c1ccc2ccc3ncc(-c4cnn(C)c4)cc3c(=O)c2c1. The summed E-state index contributed by atoms with van der Waals surface area (Å²) in [7, 11) is 3.53. The minimum Gasteiger partial charge on any atom is -0.377 e. The number of fused-ring (bicyclic) bond motifs is 2. The Morgan fingerprint density at radius 1 is 1.04 bits per heavy atom. The number of rotatable bonds is 3. The second kappa shape index (κ2) is 6.35. The summed E-state index contributed by atoms with van der Waals surface area (Å²) in [5.74, 6) is 0. The predicted octanol–water partition coefficient (Wildman–Crippen LogP) is 3.86. The first-order valence-electron chi connectivity index (χ1n) is 8.45. The molecule has 4 rings (SSSR count). The highest BCUT2D eigenvalue weighted by Gasteiger charge is 2.10. The topological polar surface area (TPSA) is 57.0 Å². The van der Waals surface area contributed by atoms with Gasteiger partial charge in [0.05, 0.1) is 17.8 Å². The summed E-state index contributed by atoms with van der Waals surface area (Å²) in [5, 5.41) is 6.36. The maximum atomic E-state index is 13.2. The van der Waals surface area contributed by atoms with E-state index in [1.807, 2.05) is 56.6 Å². The van der Waals surface area contributed by atoms with Gasteiger partial charge in [-0.05, 0) is 36.1 Å². The van der Waals surface area contributed by atoms with E-state index in [4.69, 9.17) is 4.74 Å². The first kappa shape index (κ1) is 16.4. The highest BCUT2D eigenvalue weighted by molar-refractivity contribution is 5.93. The largest absolute Gasteiger partial charge is 0.377 e. The van der Waals surface area contributed by atoms with Gasteiger partial charge in [-0.3, -0.25) is 14.5 Å². The summed E-state index contributed by atoms with van der Waals surface area (Å²) in [6.07, 6.45) is 5.39. The fourth-order valence-electron chi connectivity index (χ4n) is 3.14. The van der Waals surface area contributed by atoms with E-state index >= 15 is 0 Å². The van der Waals surface area contributed by atoms with Gasteiger partial charge in [0.25, 0.3) is 0 Å². The maximum Gasteiger partial charge on any atom is 0.195 e. The van der Waals surface area contributed by atoms with Crippen molar-refractivity contribution in [1.82, 2.24) is 14.8 Å². The van der Waals surface area contributed by atoms with Gasteiger partial charge >= 0.3 is 0 Å². The number of pyridine rings is 1. The Balaban J connectivity index is 2.01. The normalized spacial score (nSPS) is 12.6. The Morgan fingerprint density at radius 3 is 2.58 bits per heavy atom. The fourth-order valence-corrected chi connectivity index (χ4v) is 3.14. The van der Waals surface area contributed by atoms with Gasteiger partial charge in [-0.1, -0.05) is 18.2 Å². The molecule has 0 saturated carbocycles. The van der Waals surface area contributed by atoms with E-state index in [1.54, 1.807) is 24.2 Å². The first-order valence-corrected chi connectivity index (χ1v) is 8.45. The lowest BCUT2D eigenvalue weighted by Crippen LogP contribution is -2.02. The number of nitrogens with zero attached hydrogens (tertiary/aromatic N) is 3. The molecule has 2 aromatic carbocycles. The quantitative estimate of drug-likeness (QED) is 0.566. The molecule has 2 aromatic heterocycles. The Hall–Kier alpha value is -3.05. The van der Waals surface area contributed by atoms with Gasteiger partial charge in [0, 0.05) is 48.5 Å². The van der Waals surface area contributed by atoms with E-state index < -0.39 is 0 Å². The van der Waals surface area contributed by atoms with Gasteiger partial charge in [0.2, 0.25) is 0 Å². The molecule has 0 fully saturated rings. The lowest BCUT2D eigenvalue weighted by atomic mass is 10.0. The monoisotopic (exact) mass is 345 g/mol. The molecule has 5 heteroatoms. The van der Waals surface area contributed by atoms with Crippen molar-refractivity contribution in [2.24, 2.45) is 7.05 Å². The minimum atomic E-state index is -0.0698. The van der Waals surface area contributed by atoms with Crippen LogP contribution in [0.4, 0.5) is 0 Å². The van der Waals surface area contributed by atoms with Crippen molar-refractivity contribution < 1.29 is 4.74 Å². The molecule has 0 radical (unpaired) electrons. The molecule has 130 valence electrons. The average Bonchev–Trinajstić information content (AvgIpc) is 3.05. The van der Waals surface area contributed by atoms with E-state index in [0.29, 0.717) is 16.3 Å². The van der Waals surface area contributed by atoms with Crippen LogP contribution >= 0.6 is 0 Å². The van der Waals surface area contributed by atoms with Crippen LogP contribution in [0.2, 0.25) is 0 Å². The first-order chi connectivity index (χ1) is 12.6. The lowest BCUT2D eigenvalue weighted by Gasteiger charge is -2.09. The van der Waals surface area contributed by atoms with Crippen molar-refractivity contribution in [3.8, 4) is 11.1 Å². The highest BCUT2D eigenvalue weighted by atomic mass is 16.5.